The number of hydrogen-bond donors (Lipinski definition) is 0. The Morgan fingerprint density at radius 3 is 2.93 bits per heavy atom. The second-order valence-electron chi connectivity index (χ2n) is 8.35. The Morgan fingerprint density at radius 2 is 2.19 bits per heavy atom. The van der Waals surface area contributed by atoms with Crippen LogP contribution in [0.15, 0.2) is 29.1 Å². The van der Waals surface area contributed by atoms with Crippen LogP contribution in [-0.2, 0) is 19.4 Å². The maximum Gasteiger partial charge on any atom is 0.279 e. The van der Waals surface area contributed by atoms with Gasteiger partial charge in [0, 0.05) is 4.88 Å². The molecule has 0 amide bonds. The highest BCUT2D eigenvalue weighted by Crippen LogP contribution is 2.41. The number of nitriles is 1. The molecule has 0 bridgehead atoms. The maximum atomic E-state index is 13.1. The summed E-state index contributed by atoms with van der Waals surface area (Å²) in [6, 6.07) is 9.39. The first-order valence-electron chi connectivity index (χ1n) is 9.24. The number of thiophene rings is 1. The highest BCUT2D eigenvalue weighted by atomic mass is 32.1. The fourth-order valence-corrected chi connectivity index (χ4v) is 5.12. The number of nitrogens with zero attached hydrogens (tertiary/aromatic N) is 4. The Morgan fingerprint density at radius 1 is 1.37 bits per heavy atom. The molecule has 2 heterocycles. The van der Waals surface area contributed by atoms with Gasteiger partial charge >= 0.3 is 0 Å². The third-order valence-corrected chi connectivity index (χ3v) is 6.69. The molecule has 0 N–H and O–H groups in total. The minimum absolute atomic E-state index is 0.0749. The Balaban J connectivity index is 1.73. The number of benzene rings is 1. The molecule has 1 unspecified atom stereocenters. The van der Waals surface area contributed by atoms with Gasteiger partial charge in [-0.15, -0.1) is 16.4 Å². The monoisotopic (exact) mass is 378 g/mol. The molecular formula is C21H22N4OS. The van der Waals surface area contributed by atoms with E-state index < -0.39 is 0 Å². The Bertz CT molecular complexity index is 1110. The molecule has 1 atom stereocenters. The fraction of sp³-hybridized carbons (Fsp3) is 0.429. The van der Waals surface area contributed by atoms with Crippen LogP contribution in [0.1, 0.15) is 48.8 Å². The zero-order valence-corrected chi connectivity index (χ0v) is 16.6. The zero-order valence-electron chi connectivity index (χ0n) is 15.8. The molecule has 0 aliphatic heterocycles. The van der Waals surface area contributed by atoms with E-state index in [0.717, 1.165) is 35.0 Å². The van der Waals surface area contributed by atoms with Crippen LogP contribution < -0.4 is 5.56 Å². The maximum absolute atomic E-state index is 13.1. The Labute approximate surface area is 162 Å². The SMILES string of the molecule is CC(C)(C)C1CCc2c(sc3nnn(Cc4cccc(C#N)c4)c(=O)c23)C1. The van der Waals surface area contributed by atoms with Gasteiger partial charge in [0.1, 0.15) is 0 Å². The van der Waals surface area contributed by atoms with Crippen LogP contribution in [0.2, 0.25) is 0 Å². The molecule has 6 heteroatoms. The first-order valence-corrected chi connectivity index (χ1v) is 10.1. The van der Waals surface area contributed by atoms with Gasteiger partial charge < -0.3 is 0 Å². The first-order chi connectivity index (χ1) is 12.9. The summed E-state index contributed by atoms with van der Waals surface area (Å²) in [5, 5.41) is 18.3. The molecule has 2 aromatic heterocycles. The van der Waals surface area contributed by atoms with E-state index in [4.69, 9.17) is 5.26 Å². The molecular weight excluding hydrogens is 356 g/mol. The molecule has 5 nitrogen and oxygen atoms in total. The normalized spacial score (nSPS) is 16.9. The smallest absolute Gasteiger partial charge is 0.267 e. The largest absolute Gasteiger partial charge is 0.279 e. The predicted octanol–water partition coefficient (Wildman–Crippen LogP) is 3.92. The van der Waals surface area contributed by atoms with E-state index in [1.54, 1.807) is 23.5 Å². The van der Waals surface area contributed by atoms with Crippen molar-refractivity contribution >= 4 is 21.6 Å². The van der Waals surface area contributed by atoms with Crippen LogP contribution in [-0.4, -0.2) is 15.0 Å². The van der Waals surface area contributed by atoms with E-state index in [2.05, 4.69) is 37.2 Å². The minimum Gasteiger partial charge on any atom is -0.267 e. The summed E-state index contributed by atoms with van der Waals surface area (Å²) in [6.07, 6.45) is 3.06. The molecule has 0 saturated carbocycles. The number of aromatic nitrogens is 3. The third-order valence-electron chi connectivity index (χ3n) is 5.55. The summed E-state index contributed by atoms with van der Waals surface area (Å²) < 4.78 is 1.42. The molecule has 0 saturated heterocycles. The predicted molar refractivity (Wildman–Crippen MR) is 107 cm³/mol. The van der Waals surface area contributed by atoms with Crippen molar-refractivity contribution in [2.45, 2.75) is 46.6 Å². The van der Waals surface area contributed by atoms with Gasteiger partial charge in [0.05, 0.1) is 23.6 Å². The Hall–Kier alpha value is -2.52. The fourth-order valence-electron chi connectivity index (χ4n) is 3.88. The molecule has 0 spiro atoms. The van der Waals surface area contributed by atoms with Crippen molar-refractivity contribution in [3.8, 4) is 6.07 Å². The van der Waals surface area contributed by atoms with Crippen molar-refractivity contribution in [1.29, 1.82) is 5.26 Å². The van der Waals surface area contributed by atoms with Gasteiger partial charge in [0.25, 0.3) is 5.56 Å². The topological polar surface area (TPSA) is 71.6 Å². The molecule has 3 aromatic rings. The van der Waals surface area contributed by atoms with Crippen LogP contribution in [0.5, 0.6) is 0 Å². The van der Waals surface area contributed by atoms with E-state index in [9.17, 15) is 4.79 Å². The van der Waals surface area contributed by atoms with Crippen molar-refractivity contribution in [2.75, 3.05) is 0 Å². The van der Waals surface area contributed by atoms with Gasteiger partial charge in [-0.05, 0) is 53.9 Å². The summed E-state index contributed by atoms with van der Waals surface area (Å²) in [4.78, 5) is 15.2. The molecule has 1 aromatic carbocycles. The van der Waals surface area contributed by atoms with Gasteiger partial charge in [0.15, 0.2) is 4.83 Å². The van der Waals surface area contributed by atoms with E-state index in [1.807, 2.05) is 12.1 Å². The lowest BCUT2D eigenvalue weighted by atomic mass is 9.72. The van der Waals surface area contributed by atoms with Gasteiger partial charge in [-0.25, -0.2) is 4.68 Å². The Kier molecular flexibility index (Phi) is 4.35. The summed E-state index contributed by atoms with van der Waals surface area (Å²) in [6.45, 7) is 7.20. The lowest BCUT2D eigenvalue weighted by Gasteiger charge is -2.33. The highest BCUT2D eigenvalue weighted by Gasteiger charge is 2.31. The van der Waals surface area contributed by atoms with E-state index in [0.29, 0.717) is 18.0 Å². The number of rotatable bonds is 2. The average Bonchev–Trinajstić information content (AvgIpc) is 3.02. The van der Waals surface area contributed by atoms with Crippen molar-refractivity contribution in [3.63, 3.8) is 0 Å². The molecule has 27 heavy (non-hydrogen) atoms. The second-order valence-corrected chi connectivity index (χ2v) is 9.44. The highest BCUT2D eigenvalue weighted by molar-refractivity contribution is 7.18. The molecule has 1 aliphatic carbocycles. The van der Waals surface area contributed by atoms with Gasteiger partial charge in [-0.1, -0.05) is 38.1 Å². The molecule has 1 aliphatic rings. The second kappa shape index (κ2) is 6.58. The lowest BCUT2D eigenvalue weighted by molar-refractivity contribution is 0.218. The number of hydrogen-bond acceptors (Lipinski definition) is 5. The van der Waals surface area contributed by atoms with Gasteiger partial charge in [0.2, 0.25) is 0 Å². The average molecular weight is 379 g/mol. The molecule has 4 rings (SSSR count). The zero-order chi connectivity index (χ0) is 19.2. The van der Waals surface area contributed by atoms with Crippen LogP contribution in [0.3, 0.4) is 0 Å². The van der Waals surface area contributed by atoms with Gasteiger partial charge in [-0.2, -0.15) is 5.26 Å². The lowest BCUT2D eigenvalue weighted by Crippen LogP contribution is -2.28. The third kappa shape index (κ3) is 3.28. The van der Waals surface area contributed by atoms with Crippen molar-refractivity contribution in [2.24, 2.45) is 11.3 Å². The molecule has 0 radical (unpaired) electrons. The number of fused-ring (bicyclic) bond motifs is 3. The number of aryl methyl sites for hydroxylation is 1. The summed E-state index contributed by atoms with van der Waals surface area (Å²) >= 11 is 1.62. The van der Waals surface area contributed by atoms with Crippen molar-refractivity contribution < 1.29 is 0 Å². The van der Waals surface area contributed by atoms with Crippen molar-refractivity contribution in [1.82, 2.24) is 15.0 Å². The van der Waals surface area contributed by atoms with Crippen LogP contribution in [0, 0.1) is 22.7 Å². The summed E-state index contributed by atoms with van der Waals surface area (Å²) in [5.41, 5.74) is 2.83. The molecule has 0 fully saturated rings. The van der Waals surface area contributed by atoms with E-state index in [-0.39, 0.29) is 11.0 Å². The van der Waals surface area contributed by atoms with Crippen LogP contribution in [0.4, 0.5) is 0 Å². The molecule has 138 valence electrons. The quantitative estimate of drug-likeness (QED) is 0.677. The van der Waals surface area contributed by atoms with Crippen LogP contribution in [0.25, 0.3) is 10.2 Å². The summed E-state index contributed by atoms with van der Waals surface area (Å²) in [5.74, 6) is 0.627. The first kappa shape index (κ1) is 17.9. The van der Waals surface area contributed by atoms with E-state index in [1.165, 1.54) is 15.1 Å². The van der Waals surface area contributed by atoms with Crippen LogP contribution >= 0.6 is 11.3 Å². The standard InChI is InChI=1S/C21H22N4OS/c1-21(2,3)15-7-8-16-17(10-15)27-19-18(16)20(26)25(24-23-19)12-14-6-4-5-13(9-14)11-22/h4-6,9,15H,7-8,10,12H2,1-3H3. The van der Waals surface area contributed by atoms with E-state index >= 15 is 0 Å². The minimum atomic E-state index is -0.0749. The summed E-state index contributed by atoms with van der Waals surface area (Å²) in [7, 11) is 0. The van der Waals surface area contributed by atoms with Gasteiger partial charge in [-0.3, -0.25) is 4.79 Å². The van der Waals surface area contributed by atoms with Crippen molar-refractivity contribution in [3.05, 3.63) is 56.2 Å².